The summed E-state index contributed by atoms with van der Waals surface area (Å²) in [6.07, 6.45) is 8.57. The molecule has 0 aliphatic carbocycles. The number of imidazole rings is 1. The van der Waals surface area contributed by atoms with Crippen molar-refractivity contribution < 1.29 is 5.11 Å². The van der Waals surface area contributed by atoms with Crippen LogP contribution in [0.1, 0.15) is 58.2 Å². The first-order valence-electron chi connectivity index (χ1n) is 6.86. The van der Waals surface area contributed by atoms with E-state index in [0.717, 1.165) is 12.2 Å². The third kappa shape index (κ3) is 4.42. The minimum absolute atomic E-state index is 0.0397. The third-order valence-corrected chi connectivity index (χ3v) is 3.38. The molecule has 0 saturated carbocycles. The van der Waals surface area contributed by atoms with Crippen molar-refractivity contribution in [2.45, 2.75) is 59.0 Å². The van der Waals surface area contributed by atoms with Gasteiger partial charge in [0.1, 0.15) is 0 Å². The number of aromatic nitrogens is 2. The molecule has 1 rings (SSSR count). The number of hydrogen-bond donors (Lipinski definition) is 2. The Hall–Kier alpha value is -0.870. The van der Waals surface area contributed by atoms with Crippen LogP contribution in [-0.4, -0.2) is 21.3 Å². The molecule has 1 heterocycles. The molecule has 0 aliphatic heterocycles. The van der Waals surface area contributed by atoms with Gasteiger partial charge in [-0.1, -0.05) is 40.0 Å². The summed E-state index contributed by atoms with van der Waals surface area (Å²) < 4.78 is 2.08. The van der Waals surface area contributed by atoms with Gasteiger partial charge in [0.15, 0.2) is 0 Å². The Balaban J connectivity index is 2.63. The second-order valence-corrected chi connectivity index (χ2v) is 5.86. The molecular formula is C14H27N3O. The van der Waals surface area contributed by atoms with E-state index in [9.17, 15) is 0 Å². The van der Waals surface area contributed by atoms with E-state index in [1.54, 1.807) is 6.20 Å². The van der Waals surface area contributed by atoms with Gasteiger partial charge < -0.3 is 15.4 Å². The van der Waals surface area contributed by atoms with Gasteiger partial charge in [-0.05, 0) is 11.8 Å². The topological polar surface area (TPSA) is 64.1 Å². The predicted molar refractivity (Wildman–Crippen MR) is 74.2 cm³/mol. The largest absolute Gasteiger partial charge is 0.394 e. The number of rotatable bonds is 8. The van der Waals surface area contributed by atoms with Gasteiger partial charge >= 0.3 is 0 Å². The molecule has 0 spiro atoms. The number of hydrogen-bond acceptors (Lipinski definition) is 3. The smallest absolute Gasteiger partial charge is 0.0948 e. The second kappa shape index (κ2) is 6.90. The van der Waals surface area contributed by atoms with Gasteiger partial charge in [0.05, 0.1) is 24.7 Å². The van der Waals surface area contributed by atoms with E-state index in [2.05, 4.69) is 30.3 Å². The van der Waals surface area contributed by atoms with E-state index in [0.29, 0.717) is 0 Å². The van der Waals surface area contributed by atoms with Crippen LogP contribution < -0.4 is 5.73 Å². The fourth-order valence-electron chi connectivity index (χ4n) is 2.26. The summed E-state index contributed by atoms with van der Waals surface area (Å²) in [6.45, 7) is 7.64. The van der Waals surface area contributed by atoms with E-state index in [4.69, 9.17) is 10.8 Å². The minimum atomic E-state index is -0.334. The SMILES string of the molecule is CCCCCC(C)(C)Cn1cncc1C(N)CO. The lowest BCUT2D eigenvalue weighted by Crippen LogP contribution is -2.24. The molecule has 18 heavy (non-hydrogen) atoms. The summed E-state index contributed by atoms with van der Waals surface area (Å²) >= 11 is 0. The monoisotopic (exact) mass is 253 g/mol. The van der Waals surface area contributed by atoms with E-state index < -0.39 is 0 Å². The van der Waals surface area contributed by atoms with Crippen molar-refractivity contribution in [3.05, 3.63) is 18.2 Å². The molecule has 1 aromatic heterocycles. The zero-order chi connectivity index (χ0) is 13.6. The fourth-order valence-corrected chi connectivity index (χ4v) is 2.26. The van der Waals surface area contributed by atoms with Crippen LogP contribution in [0.5, 0.6) is 0 Å². The molecule has 1 aromatic rings. The highest BCUT2D eigenvalue weighted by atomic mass is 16.3. The summed E-state index contributed by atoms with van der Waals surface area (Å²) in [6, 6.07) is -0.334. The van der Waals surface area contributed by atoms with E-state index in [1.165, 1.54) is 25.7 Å². The quantitative estimate of drug-likeness (QED) is 0.700. The highest BCUT2D eigenvalue weighted by molar-refractivity contribution is 5.05. The maximum atomic E-state index is 9.14. The van der Waals surface area contributed by atoms with Gasteiger partial charge in [0.25, 0.3) is 0 Å². The van der Waals surface area contributed by atoms with Crippen LogP contribution >= 0.6 is 0 Å². The summed E-state index contributed by atoms with van der Waals surface area (Å²) in [5.41, 5.74) is 7.02. The molecule has 1 unspecified atom stereocenters. The normalized spacial score (nSPS) is 13.8. The van der Waals surface area contributed by atoms with Gasteiger partial charge in [-0.2, -0.15) is 0 Å². The van der Waals surface area contributed by atoms with Crippen LogP contribution in [0.3, 0.4) is 0 Å². The van der Waals surface area contributed by atoms with Crippen molar-refractivity contribution in [2.24, 2.45) is 11.1 Å². The third-order valence-electron chi connectivity index (χ3n) is 3.38. The standard InChI is InChI=1S/C14H27N3O/c1-4-5-6-7-14(2,3)10-17-11-16-8-13(17)12(15)9-18/h8,11-12,18H,4-7,9-10,15H2,1-3H3. The lowest BCUT2D eigenvalue weighted by atomic mass is 9.86. The Morgan fingerprint density at radius 2 is 2.17 bits per heavy atom. The first kappa shape index (κ1) is 15.2. The number of aliphatic hydroxyl groups is 1. The van der Waals surface area contributed by atoms with Crippen molar-refractivity contribution in [3.63, 3.8) is 0 Å². The van der Waals surface area contributed by atoms with Crippen molar-refractivity contribution >= 4 is 0 Å². The summed E-state index contributed by atoms with van der Waals surface area (Å²) in [5, 5.41) is 9.14. The first-order chi connectivity index (χ1) is 8.50. The maximum Gasteiger partial charge on any atom is 0.0948 e. The number of unbranched alkanes of at least 4 members (excludes halogenated alkanes) is 2. The van der Waals surface area contributed by atoms with Crippen LogP contribution in [0.15, 0.2) is 12.5 Å². The molecule has 1 atom stereocenters. The molecule has 3 N–H and O–H groups in total. The molecule has 0 bridgehead atoms. The maximum absolute atomic E-state index is 9.14. The Morgan fingerprint density at radius 1 is 1.44 bits per heavy atom. The fraction of sp³-hybridized carbons (Fsp3) is 0.786. The highest BCUT2D eigenvalue weighted by Crippen LogP contribution is 2.27. The molecule has 0 saturated heterocycles. The molecule has 4 heteroatoms. The lowest BCUT2D eigenvalue weighted by Gasteiger charge is -2.27. The first-order valence-corrected chi connectivity index (χ1v) is 6.86. The average molecular weight is 253 g/mol. The van der Waals surface area contributed by atoms with E-state index in [1.807, 2.05) is 6.33 Å². The van der Waals surface area contributed by atoms with Crippen molar-refractivity contribution in [1.29, 1.82) is 0 Å². The van der Waals surface area contributed by atoms with Crippen molar-refractivity contribution in [2.75, 3.05) is 6.61 Å². The Kier molecular flexibility index (Phi) is 5.82. The van der Waals surface area contributed by atoms with Crippen molar-refractivity contribution in [1.82, 2.24) is 9.55 Å². The lowest BCUT2D eigenvalue weighted by molar-refractivity contribution is 0.245. The van der Waals surface area contributed by atoms with Crippen LogP contribution in [0.4, 0.5) is 0 Å². The summed E-state index contributed by atoms with van der Waals surface area (Å²) in [7, 11) is 0. The summed E-state index contributed by atoms with van der Waals surface area (Å²) in [5.74, 6) is 0. The zero-order valence-corrected chi connectivity index (χ0v) is 11.9. The van der Waals surface area contributed by atoms with Crippen LogP contribution in [0.25, 0.3) is 0 Å². The van der Waals surface area contributed by atoms with Crippen molar-refractivity contribution in [3.8, 4) is 0 Å². The Morgan fingerprint density at radius 3 is 2.78 bits per heavy atom. The number of nitrogens with two attached hydrogens (primary N) is 1. The molecular weight excluding hydrogens is 226 g/mol. The van der Waals surface area contributed by atoms with Gasteiger partial charge in [-0.15, -0.1) is 0 Å². The zero-order valence-electron chi connectivity index (χ0n) is 11.9. The minimum Gasteiger partial charge on any atom is -0.394 e. The molecule has 0 aromatic carbocycles. The van der Waals surface area contributed by atoms with Crippen LogP contribution in [0.2, 0.25) is 0 Å². The molecule has 104 valence electrons. The van der Waals surface area contributed by atoms with Gasteiger partial charge in [-0.3, -0.25) is 0 Å². The molecule has 0 amide bonds. The number of nitrogens with zero attached hydrogens (tertiary/aromatic N) is 2. The number of aliphatic hydroxyl groups excluding tert-OH is 1. The van der Waals surface area contributed by atoms with E-state index in [-0.39, 0.29) is 18.1 Å². The molecule has 4 nitrogen and oxygen atoms in total. The van der Waals surface area contributed by atoms with E-state index >= 15 is 0 Å². The molecule has 0 fully saturated rings. The van der Waals surface area contributed by atoms with Gasteiger partial charge in [0, 0.05) is 12.7 Å². The molecule has 0 radical (unpaired) electrons. The Bertz CT molecular complexity index is 347. The summed E-state index contributed by atoms with van der Waals surface area (Å²) in [4.78, 5) is 4.14. The van der Waals surface area contributed by atoms with Crippen LogP contribution in [0, 0.1) is 5.41 Å². The van der Waals surface area contributed by atoms with Gasteiger partial charge in [-0.25, -0.2) is 4.98 Å². The Labute approximate surface area is 110 Å². The van der Waals surface area contributed by atoms with Crippen LogP contribution in [-0.2, 0) is 6.54 Å². The average Bonchev–Trinajstić information content (AvgIpc) is 2.75. The predicted octanol–water partition coefficient (Wildman–Crippen LogP) is 2.48. The van der Waals surface area contributed by atoms with Gasteiger partial charge in [0.2, 0.25) is 0 Å². The highest BCUT2D eigenvalue weighted by Gasteiger charge is 2.20. The second-order valence-electron chi connectivity index (χ2n) is 5.86. The molecule has 0 aliphatic rings.